The molecule has 0 bridgehead atoms. The summed E-state index contributed by atoms with van der Waals surface area (Å²) in [7, 11) is 4.16. The fraction of sp³-hybridized carbons (Fsp3) is 0.320. The van der Waals surface area contributed by atoms with Crippen molar-refractivity contribution >= 4 is 40.5 Å². The molecule has 0 saturated heterocycles. The van der Waals surface area contributed by atoms with Crippen LogP contribution in [-0.2, 0) is 14.3 Å². The Hall–Kier alpha value is -3.30. The Morgan fingerprint density at radius 3 is 2.57 bits per heavy atom. The van der Waals surface area contributed by atoms with Crippen LogP contribution in [0.5, 0.6) is 17.2 Å². The van der Waals surface area contributed by atoms with Crippen molar-refractivity contribution in [2.24, 2.45) is 5.92 Å². The second-order valence-corrected chi connectivity index (χ2v) is 9.68. The highest BCUT2D eigenvalue weighted by atomic mass is 35.5. The van der Waals surface area contributed by atoms with Gasteiger partial charge >= 0.3 is 5.97 Å². The van der Waals surface area contributed by atoms with Crippen LogP contribution in [0.4, 0.5) is 0 Å². The highest BCUT2D eigenvalue weighted by molar-refractivity contribution is 7.08. The predicted molar refractivity (Wildman–Crippen MR) is 128 cm³/mol. The van der Waals surface area contributed by atoms with E-state index in [1.807, 2.05) is 16.8 Å². The van der Waals surface area contributed by atoms with Crippen molar-refractivity contribution in [3.8, 4) is 17.2 Å². The monoisotopic (exact) mass is 515 g/mol. The van der Waals surface area contributed by atoms with Gasteiger partial charge in [0.05, 0.1) is 21.3 Å². The topological polar surface area (TPSA) is 100 Å². The number of carbonyl (C=O) groups excluding carboxylic acids is 3. The molecule has 0 unspecified atom stereocenters. The number of rotatable bonds is 4. The van der Waals surface area contributed by atoms with Gasteiger partial charge in [-0.15, -0.1) is 0 Å². The van der Waals surface area contributed by atoms with Gasteiger partial charge < -0.3 is 24.3 Å². The van der Waals surface area contributed by atoms with Gasteiger partial charge in [-0.3, -0.25) is 9.59 Å². The number of ether oxygens (including phenoxy) is 4. The van der Waals surface area contributed by atoms with E-state index in [0.717, 1.165) is 5.56 Å². The minimum Gasteiger partial charge on any atom is -0.496 e. The molecule has 8 nitrogen and oxygen atoms in total. The van der Waals surface area contributed by atoms with Crippen molar-refractivity contribution in [2.45, 2.75) is 24.9 Å². The summed E-state index contributed by atoms with van der Waals surface area (Å²) >= 11 is 7.98. The largest absolute Gasteiger partial charge is 0.496 e. The van der Waals surface area contributed by atoms with Gasteiger partial charge in [0, 0.05) is 29.2 Å². The lowest BCUT2D eigenvalue weighted by molar-refractivity contribution is -0.137. The molecule has 0 saturated carbocycles. The quantitative estimate of drug-likeness (QED) is 0.481. The van der Waals surface area contributed by atoms with Crippen LogP contribution >= 0.6 is 22.9 Å². The van der Waals surface area contributed by atoms with Gasteiger partial charge in [0.15, 0.2) is 5.75 Å². The van der Waals surface area contributed by atoms with Crippen LogP contribution in [0.15, 0.2) is 45.9 Å². The van der Waals surface area contributed by atoms with Crippen LogP contribution in [0.25, 0.3) is 0 Å². The van der Waals surface area contributed by atoms with E-state index in [4.69, 9.17) is 30.5 Å². The molecule has 1 spiro atoms. The maximum absolute atomic E-state index is 14.3. The maximum Gasteiger partial charge on any atom is 0.354 e. The Labute approximate surface area is 210 Å². The van der Waals surface area contributed by atoms with Crippen LogP contribution in [0.3, 0.4) is 0 Å². The summed E-state index contributed by atoms with van der Waals surface area (Å²) in [4.78, 5) is 40.6. The minimum atomic E-state index is -1.82. The Balaban J connectivity index is 1.66. The number of carbonyl (C=O) groups is 3. The van der Waals surface area contributed by atoms with Gasteiger partial charge in [-0.1, -0.05) is 18.5 Å². The van der Waals surface area contributed by atoms with Gasteiger partial charge in [0.1, 0.15) is 27.8 Å². The number of hydrogen-bond acceptors (Lipinski definition) is 9. The summed E-state index contributed by atoms with van der Waals surface area (Å²) < 4.78 is 21.9. The molecule has 0 amide bonds. The average Bonchev–Trinajstić information content (AvgIpc) is 3.50. The first-order valence-electron chi connectivity index (χ1n) is 10.8. The number of allylic oxidation sites excluding steroid dienone is 2. The summed E-state index contributed by atoms with van der Waals surface area (Å²) in [5.41, 5.74) is 0.298. The number of thiophene rings is 1. The van der Waals surface area contributed by atoms with E-state index in [1.54, 1.807) is 13.0 Å². The van der Waals surface area contributed by atoms with Crippen LogP contribution in [0.2, 0.25) is 5.02 Å². The number of fused-ring (bicyclic) bond motifs is 1. The normalized spacial score (nSPS) is 24.9. The molecule has 0 radical (unpaired) electrons. The van der Waals surface area contributed by atoms with Gasteiger partial charge in [-0.25, -0.2) is 4.79 Å². The number of ketones is 2. The Kier molecular flexibility index (Phi) is 5.64. The molecule has 182 valence electrons. The first-order valence-corrected chi connectivity index (χ1v) is 12.2. The molecule has 2 aromatic rings. The van der Waals surface area contributed by atoms with Crippen molar-refractivity contribution in [3.05, 3.63) is 62.1 Å². The molecule has 3 heterocycles. The van der Waals surface area contributed by atoms with Crippen LogP contribution in [-0.4, -0.2) is 44.5 Å². The van der Waals surface area contributed by atoms with Gasteiger partial charge in [0.2, 0.25) is 17.2 Å². The minimum absolute atomic E-state index is 0.0683. The third kappa shape index (κ3) is 3.21. The third-order valence-corrected chi connectivity index (χ3v) is 7.83. The molecule has 1 aliphatic carbocycles. The number of Topliss-reactive ketones (excluding diaryl/α,β-unsaturated/α-hetero) is 2. The number of methoxy groups -OCH3 is 3. The smallest absolute Gasteiger partial charge is 0.354 e. The summed E-state index contributed by atoms with van der Waals surface area (Å²) in [6.07, 6.45) is 1.93. The van der Waals surface area contributed by atoms with Crippen molar-refractivity contribution in [2.75, 3.05) is 21.3 Å². The van der Waals surface area contributed by atoms with E-state index in [1.165, 1.54) is 38.7 Å². The van der Waals surface area contributed by atoms with Gasteiger partial charge in [0.25, 0.3) is 0 Å². The van der Waals surface area contributed by atoms with Gasteiger partial charge in [-0.05, 0) is 34.9 Å². The molecule has 2 aliphatic heterocycles. The van der Waals surface area contributed by atoms with Crippen LogP contribution in [0, 0.1) is 5.92 Å². The van der Waals surface area contributed by atoms with E-state index in [-0.39, 0.29) is 40.0 Å². The molecule has 3 aliphatic rings. The molecule has 3 atom stereocenters. The first-order chi connectivity index (χ1) is 16.8. The second-order valence-electron chi connectivity index (χ2n) is 8.52. The van der Waals surface area contributed by atoms with Gasteiger partial charge in [-0.2, -0.15) is 11.3 Å². The molecular weight excluding hydrogens is 494 g/mol. The lowest BCUT2D eigenvalue weighted by Crippen LogP contribution is -2.58. The van der Waals surface area contributed by atoms with E-state index >= 15 is 0 Å². The van der Waals surface area contributed by atoms with Crippen molar-refractivity contribution in [1.82, 2.24) is 5.32 Å². The molecule has 35 heavy (non-hydrogen) atoms. The summed E-state index contributed by atoms with van der Waals surface area (Å²) in [5, 5.41) is 6.95. The predicted octanol–water partition coefficient (Wildman–Crippen LogP) is 4.04. The molecule has 10 heteroatoms. The number of hydrogen-bond donors (Lipinski definition) is 1. The van der Waals surface area contributed by atoms with E-state index in [9.17, 15) is 14.4 Å². The number of dihydropyridines is 1. The molecule has 0 fully saturated rings. The lowest BCUT2D eigenvalue weighted by atomic mass is 9.67. The van der Waals surface area contributed by atoms with Crippen LogP contribution in [0.1, 0.15) is 35.2 Å². The second kappa shape index (κ2) is 8.42. The van der Waals surface area contributed by atoms with E-state index < -0.39 is 35.0 Å². The number of halogens is 1. The van der Waals surface area contributed by atoms with Crippen LogP contribution < -0.4 is 19.5 Å². The van der Waals surface area contributed by atoms with Crippen molar-refractivity contribution in [1.29, 1.82) is 0 Å². The molecule has 1 N–H and O–H groups in total. The number of benzene rings is 1. The fourth-order valence-electron chi connectivity index (χ4n) is 5.04. The maximum atomic E-state index is 14.3. The SMILES string of the molecule is COC(=O)C1=C[C@H](c2ccsc2)C2=C(C[C@@H](C)[C@]3(Oc4c(Cl)c(OC)cc(OC)c4C3=O)C2=O)N1. The lowest BCUT2D eigenvalue weighted by Gasteiger charge is -2.41. The van der Waals surface area contributed by atoms with E-state index in [0.29, 0.717) is 11.3 Å². The Morgan fingerprint density at radius 1 is 1.20 bits per heavy atom. The number of nitrogens with one attached hydrogen (secondary N) is 1. The van der Waals surface area contributed by atoms with E-state index in [2.05, 4.69) is 5.32 Å². The summed E-state index contributed by atoms with van der Waals surface area (Å²) in [6, 6.07) is 3.39. The standard InChI is InChI=1S/C25H22ClNO7S/c1-11-7-14-18(13(12-5-6-35-10-12)8-15(27-14)24(30)33-4)22(28)25(11)23(29)19-16(31-2)9-17(32-3)20(26)21(19)34-25/h5-6,8-11,13,27H,7H2,1-4H3/t11-,13-,25+/m1/s1. The molecule has 5 rings (SSSR count). The van der Waals surface area contributed by atoms with Crippen molar-refractivity contribution < 1.29 is 33.3 Å². The van der Waals surface area contributed by atoms with Crippen molar-refractivity contribution in [3.63, 3.8) is 0 Å². The first kappa shape index (κ1) is 23.4. The Bertz CT molecular complexity index is 1330. The third-order valence-electron chi connectivity index (χ3n) is 6.77. The highest BCUT2D eigenvalue weighted by Crippen LogP contribution is 2.55. The zero-order chi connectivity index (χ0) is 25.1. The zero-order valence-corrected chi connectivity index (χ0v) is 21.0. The highest BCUT2D eigenvalue weighted by Gasteiger charge is 2.63. The average molecular weight is 516 g/mol. The summed E-state index contributed by atoms with van der Waals surface area (Å²) in [6.45, 7) is 1.76. The fourth-order valence-corrected chi connectivity index (χ4v) is 6.00. The molecular formula is C25H22ClNO7S. The zero-order valence-electron chi connectivity index (χ0n) is 19.4. The Morgan fingerprint density at radius 2 is 1.94 bits per heavy atom. The molecule has 1 aromatic heterocycles. The summed E-state index contributed by atoms with van der Waals surface area (Å²) in [5.74, 6) is -2.11. The number of esters is 1. The molecule has 1 aromatic carbocycles.